The van der Waals surface area contributed by atoms with Gasteiger partial charge in [-0.3, -0.25) is 18.9 Å². The number of hydrogen-bond acceptors (Lipinski definition) is 8. The van der Waals surface area contributed by atoms with Gasteiger partial charge in [-0.1, -0.05) is 0 Å². The third-order valence-corrected chi connectivity index (χ3v) is 4.97. The molecule has 0 saturated carbocycles. The van der Waals surface area contributed by atoms with Crippen LogP contribution in [-0.4, -0.2) is 64.0 Å². The normalized spacial score (nSPS) is 28.5. The summed E-state index contributed by atoms with van der Waals surface area (Å²) < 4.78 is 18.1. The second-order valence-corrected chi connectivity index (χ2v) is 6.87. The molecule has 12 nitrogen and oxygen atoms in total. The van der Waals surface area contributed by atoms with Crippen LogP contribution in [0.4, 0.5) is 5.95 Å². The van der Waals surface area contributed by atoms with E-state index >= 15 is 0 Å². The van der Waals surface area contributed by atoms with E-state index in [4.69, 9.17) is 10.5 Å². The van der Waals surface area contributed by atoms with Crippen LogP contribution < -0.4 is 11.3 Å². The first kappa shape index (κ1) is 16.1. The number of nitrogens with two attached hydrogens (primary N) is 1. The van der Waals surface area contributed by atoms with Crippen LogP contribution in [0.2, 0.25) is 0 Å². The van der Waals surface area contributed by atoms with Crippen molar-refractivity contribution in [2.24, 2.45) is 0 Å². The number of imidazole rings is 1. The number of aliphatic hydroxyl groups is 2. The summed E-state index contributed by atoms with van der Waals surface area (Å²) in [5, 5.41) is 19.2. The number of H-pyrrole nitrogens is 1. The molecule has 3 rings (SSSR count). The highest BCUT2D eigenvalue weighted by Gasteiger charge is 2.53. The summed E-state index contributed by atoms with van der Waals surface area (Å²) in [7, 11) is -4.80. The van der Waals surface area contributed by atoms with E-state index in [1.54, 1.807) is 0 Å². The standard InChI is InChI=1S/C10H14N5O7P/c11-10-13-7-4(8(18)14-10)12-2-15(7)9-6(23(19,20)21)5(17)3(1-16)22-9/h2-3,5-6,9,16-17H,1H2,(H2,19,20,21)(H3,11,13,14,18). The molecule has 1 fully saturated rings. The van der Waals surface area contributed by atoms with Crippen molar-refractivity contribution in [3.8, 4) is 0 Å². The number of ether oxygens (including phenoxy) is 1. The summed E-state index contributed by atoms with van der Waals surface area (Å²) in [5.41, 5.74) is 3.02. The quantitative estimate of drug-likeness (QED) is 0.323. The van der Waals surface area contributed by atoms with Gasteiger partial charge < -0.3 is 30.5 Å². The van der Waals surface area contributed by atoms with Gasteiger partial charge in [0.2, 0.25) is 5.95 Å². The number of anilines is 1. The van der Waals surface area contributed by atoms with Crippen molar-refractivity contribution >= 4 is 24.7 Å². The second-order valence-electron chi connectivity index (χ2n) is 5.09. The van der Waals surface area contributed by atoms with Crippen LogP contribution in [0.1, 0.15) is 6.23 Å². The summed E-state index contributed by atoms with van der Waals surface area (Å²) in [6.45, 7) is -0.642. The zero-order chi connectivity index (χ0) is 16.9. The zero-order valence-corrected chi connectivity index (χ0v) is 12.4. The van der Waals surface area contributed by atoms with Crippen molar-refractivity contribution in [1.29, 1.82) is 0 Å². The van der Waals surface area contributed by atoms with Crippen LogP contribution >= 0.6 is 7.60 Å². The average molecular weight is 347 g/mol. The third-order valence-electron chi connectivity index (χ3n) is 3.63. The molecule has 23 heavy (non-hydrogen) atoms. The van der Waals surface area contributed by atoms with E-state index in [-0.39, 0.29) is 17.1 Å². The van der Waals surface area contributed by atoms with E-state index in [0.29, 0.717) is 0 Å². The maximum atomic E-state index is 11.8. The van der Waals surface area contributed by atoms with Crippen LogP contribution in [-0.2, 0) is 9.30 Å². The number of nitrogen functional groups attached to an aromatic ring is 1. The minimum Gasteiger partial charge on any atom is -0.394 e. The number of rotatable bonds is 3. The fourth-order valence-electron chi connectivity index (χ4n) is 2.60. The van der Waals surface area contributed by atoms with E-state index in [2.05, 4.69) is 15.0 Å². The van der Waals surface area contributed by atoms with Gasteiger partial charge in [-0.05, 0) is 0 Å². The first-order valence-electron chi connectivity index (χ1n) is 6.46. The van der Waals surface area contributed by atoms with Gasteiger partial charge in [0, 0.05) is 0 Å². The molecule has 13 heteroatoms. The lowest BCUT2D eigenvalue weighted by Crippen LogP contribution is -2.33. The van der Waals surface area contributed by atoms with E-state index in [1.165, 1.54) is 0 Å². The molecular weight excluding hydrogens is 333 g/mol. The minimum atomic E-state index is -4.80. The molecule has 0 spiro atoms. The molecule has 0 aromatic carbocycles. The summed E-state index contributed by atoms with van der Waals surface area (Å²) >= 11 is 0. The van der Waals surface area contributed by atoms with Crippen molar-refractivity contribution in [2.75, 3.05) is 12.3 Å². The summed E-state index contributed by atoms with van der Waals surface area (Å²) in [4.78, 5) is 40.7. The Morgan fingerprint density at radius 3 is 2.78 bits per heavy atom. The number of hydrogen-bond donors (Lipinski definition) is 6. The molecule has 2 aromatic heterocycles. The number of fused-ring (bicyclic) bond motifs is 1. The van der Waals surface area contributed by atoms with Gasteiger partial charge in [-0.2, -0.15) is 4.98 Å². The molecule has 4 atom stereocenters. The molecular formula is C10H14N5O7P. The van der Waals surface area contributed by atoms with Gasteiger partial charge in [-0.15, -0.1) is 0 Å². The third kappa shape index (κ3) is 2.55. The van der Waals surface area contributed by atoms with Crippen molar-refractivity contribution < 1.29 is 29.3 Å². The molecule has 1 aliphatic rings. The maximum absolute atomic E-state index is 11.8. The van der Waals surface area contributed by atoms with Gasteiger partial charge in [0.1, 0.15) is 17.9 Å². The van der Waals surface area contributed by atoms with Crippen LogP contribution in [0.3, 0.4) is 0 Å². The van der Waals surface area contributed by atoms with Crippen molar-refractivity contribution in [3.05, 3.63) is 16.7 Å². The highest BCUT2D eigenvalue weighted by molar-refractivity contribution is 7.52. The van der Waals surface area contributed by atoms with E-state index < -0.39 is 43.9 Å². The Morgan fingerprint density at radius 2 is 2.17 bits per heavy atom. The van der Waals surface area contributed by atoms with E-state index in [1.807, 2.05) is 0 Å². The Morgan fingerprint density at radius 1 is 1.48 bits per heavy atom. The van der Waals surface area contributed by atoms with E-state index in [9.17, 15) is 29.4 Å². The number of aromatic nitrogens is 4. The van der Waals surface area contributed by atoms with Crippen molar-refractivity contribution in [3.63, 3.8) is 0 Å². The fourth-order valence-corrected chi connectivity index (χ4v) is 3.74. The summed E-state index contributed by atoms with van der Waals surface area (Å²) in [6, 6.07) is 0. The van der Waals surface area contributed by atoms with Crippen molar-refractivity contribution in [2.45, 2.75) is 24.1 Å². The Hall–Kier alpha value is -1.82. The Bertz CT molecular complexity index is 844. The highest BCUT2D eigenvalue weighted by Crippen LogP contribution is 2.53. The van der Waals surface area contributed by atoms with Crippen molar-refractivity contribution in [1.82, 2.24) is 19.5 Å². The minimum absolute atomic E-state index is 0.0551. The van der Waals surface area contributed by atoms with Gasteiger partial charge in [0.15, 0.2) is 17.4 Å². The number of nitrogens with zero attached hydrogens (tertiary/aromatic N) is 3. The molecule has 0 radical (unpaired) electrons. The molecule has 0 aliphatic carbocycles. The van der Waals surface area contributed by atoms with Crippen LogP contribution in [0.15, 0.2) is 11.1 Å². The summed E-state index contributed by atoms with van der Waals surface area (Å²) in [5.74, 6) is -0.214. The molecule has 7 N–H and O–H groups in total. The maximum Gasteiger partial charge on any atom is 0.335 e. The van der Waals surface area contributed by atoms with Gasteiger partial charge in [0.25, 0.3) is 5.56 Å². The Kier molecular flexibility index (Phi) is 3.75. The lowest BCUT2D eigenvalue weighted by Gasteiger charge is -2.22. The highest BCUT2D eigenvalue weighted by atomic mass is 31.2. The molecule has 1 aliphatic heterocycles. The predicted molar refractivity (Wildman–Crippen MR) is 75.4 cm³/mol. The molecule has 0 amide bonds. The number of aliphatic hydroxyl groups excluding tert-OH is 2. The predicted octanol–water partition coefficient (Wildman–Crippen LogP) is -2.50. The lowest BCUT2D eigenvalue weighted by atomic mass is 10.2. The zero-order valence-electron chi connectivity index (χ0n) is 11.5. The molecule has 126 valence electrons. The molecule has 3 heterocycles. The monoisotopic (exact) mass is 347 g/mol. The molecule has 4 unspecified atom stereocenters. The van der Waals surface area contributed by atoms with Gasteiger partial charge in [-0.25, -0.2) is 4.98 Å². The fraction of sp³-hybridized carbons (Fsp3) is 0.500. The van der Waals surface area contributed by atoms with Gasteiger partial charge >= 0.3 is 7.60 Å². The topological polar surface area (TPSA) is 197 Å². The Balaban J connectivity index is 2.17. The van der Waals surface area contributed by atoms with Crippen LogP contribution in [0, 0.1) is 0 Å². The molecule has 1 saturated heterocycles. The average Bonchev–Trinajstić information content (AvgIpc) is 2.98. The molecule has 0 bridgehead atoms. The molecule has 2 aromatic rings. The summed E-state index contributed by atoms with van der Waals surface area (Å²) in [6.07, 6.45) is -3.08. The van der Waals surface area contributed by atoms with Crippen LogP contribution in [0.5, 0.6) is 0 Å². The first-order chi connectivity index (χ1) is 10.7. The lowest BCUT2D eigenvalue weighted by molar-refractivity contribution is -0.0432. The number of aromatic amines is 1. The smallest absolute Gasteiger partial charge is 0.335 e. The SMILES string of the molecule is Nc1nc2c(ncn2C2OC(CO)C(O)C2P(=O)(O)O)c(=O)[nH]1. The van der Waals surface area contributed by atoms with Crippen LogP contribution in [0.25, 0.3) is 11.2 Å². The second kappa shape index (κ2) is 5.37. The Labute approximate surface area is 127 Å². The number of nitrogens with one attached hydrogen (secondary N) is 1. The first-order valence-corrected chi connectivity index (χ1v) is 8.14. The van der Waals surface area contributed by atoms with Gasteiger partial charge in [0.05, 0.1) is 12.9 Å². The largest absolute Gasteiger partial charge is 0.394 e. The van der Waals surface area contributed by atoms with E-state index in [0.717, 1.165) is 10.9 Å².